The highest BCUT2D eigenvalue weighted by Gasteiger charge is 2.15. The summed E-state index contributed by atoms with van der Waals surface area (Å²) in [6.07, 6.45) is 1.23. The molecule has 1 unspecified atom stereocenters. The minimum atomic E-state index is -3.92. The van der Waals surface area contributed by atoms with Crippen molar-refractivity contribution in [3.63, 3.8) is 0 Å². The zero-order chi connectivity index (χ0) is 26.8. The molecule has 0 aliphatic carbocycles. The lowest BCUT2D eigenvalue weighted by atomic mass is 9.90. The van der Waals surface area contributed by atoms with Crippen LogP contribution in [0.4, 0.5) is 0 Å². The van der Waals surface area contributed by atoms with Crippen LogP contribution >= 0.6 is 7.60 Å². The van der Waals surface area contributed by atoms with E-state index < -0.39 is 7.60 Å². The van der Waals surface area contributed by atoms with E-state index in [1.807, 2.05) is 31.2 Å². The van der Waals surface area contributed by atoms with Crippen molar-refractivity contribution in [2.24, 2.45) is 5.16 Å². The van der Waals surface area contributed by atoms with Crippen LogP contribution < -0.4 is 5.32 Å². The van der Waals surface area contributed by atoms with Crippen LogP contribution in [0.1, 0.15) is 58.2 Å². The number of nitrogens with zero attached hydrogens (tertiary/aromatic N) is 1. The summed E-state index contributed by atoms with van der Waals surface area (Å²) in [4.78, 5) is 23.7. The Hall–Kier alpha value is -2.76. The molecule has 0 radical (unpaired) electrons. The smallest absolute Gasteiger partial charge is 0.325 e. The van der Waals surface area contributed by atoms with Crippen molar-refractivity contribution in [2.75, 3.05) is 19.3 Å². The fourth-order valence-electron chi connectivity index (χ4n) is 4.20. The Kier molecular flexibility index (Phi) is 10.7. The molecule has 0 spiro atoms. The van der Waals surface area contributed by atoms with Gasteiger partial charge in [0.15, 0.2) is 0 Å². The molecule has 3 aromatic carbocycles. The van der Waals surface area contributed by atoms with Gasteiger partial charge in [-0.1, -0.05) is 77.4 Å². The second-order valence-corrected chi connectivity index (χ2v) is 11.6. The number of rotatable bonds is 13. The standard InChI is InChI=1S/C30H39N2O4P/c1-22-7-5-8-29(17-22)30(19-27-10-9-23(2)24(3)18-27)21-36-32-25(4)28-13-11-26(12-14-28)20-31-15-6-16-37(33,34)35/h5,7-14,17-18,30-31H,6,15-16,19-21H2,1-4H3,(H2,33,34,35)/b32-25+. The van der Waals surface area contributed by atoms with E-state index in [2.05, 4.69) is 73.7 Å². The lowest BCUT2D eigenvalue weighted by Crippen LogP contribution is -2.15. The quantitative estimate of drug-likeness (QED) is 0.110. The minimum Gasteiger partial charge on any atom is -0.395 e. The zero-order valence-corrected chi connectivity index (χ0v) is 23.2. The summed E-state index contributed by atoms with van der Waals surface area (Å²) in [5.74, 6) is 0.192. The third-order valence-corrected chi connectivity index (χ3v) is 7.45. The van der Waals surface area contributed by atoms with Gasteiger partial charge in [0.1, 0.15) is 6.61 Å². The van der Waals surface area contributed by atoms with Crippen LogP contribution in [0, 0.1) is 20.8 Å². The van der Waals surface area contributed by atoms with Crippen molar-refractivity contribution in [3.05, 3.63) is 106 Å². The highest BCUT2D eigenvalue weighted by Crippen LogP contribution is 2.34. The molecule has 0 saturated heterocycles. The van der Waals surface area contributed by atoms with Gasteiger partial charge in [0.05, 0.1) is 11.9 Å². The molecule has 0 bridgehead atoms. The maximum absolute atomic E-state index is 10.9. The Labute approximate surface area is 220 Å². The number of aryl methyl sites for hydroxylation is 3. The van der Waals surface area contributed by atoms with Crippen LogP contribution in [0.25, 0.3) is 0 Å². The van der Waals surface area contributed by atoms with Crippen molar-refractivity contribution in [2.45, 2.75) is 53.0 Å². The molecule has 0 aromatic heterocycles. The molecule has 6 nitrogen and oxygen atoms in total. The van der Waals surface area contributed by atoms with Gasteiger partial charge in [-0.2, -0.15) is 0 Å². The van der Waals surface area contributed by atoms with E-state index in [-0.39, 0.29) is 12.1 Å². The maximum atomic E-state index is 10.9. The molecule has 0 aliphatic heterocycles. The number of nitrogens with one attached hydrogen (secondary N) is 1. The number of hydrogen-bond donors (Lipinski definition) is 3. The molecule has 3 N–H and O–H groups in total. The van der Waals surface area contributed by atoms with Crippen LogP contribution in [-0.2, 0) is 22.4 Å². The van der Waals surface area contributed by atoms with Crippen LogP contribution in [0.2, 0.25) is 0 Å². The molecule has 3 rings (SSSR count). The van der Waals surface area contributed by atoms with E-state index in [0.717, 1.165) is 23.3 Å². The van der Waals surface area contributed by atoms with Crippen LogP contribution in [-0.4, -0.2) is 34.8 Å². The summed E-state index contributed by atoms with van der Waals surface area (Å²) in [5.41, 5.74) is 9.29. The van der Waals surface area contributed by atoms with Crippen LogP contribution in [0.15, 0.2) is 71.9 Å². The average molecular weight is 523 g/mol. The molecule has 0 aliphatic rings. The molecule has 198 valence electrons. The van der Waals surface area contributed by atoms with E-state index >= 15 is 0 Å². The van der Waals surface area contributed by atoms with Crippen molar-refractivity contribution in [1.29, 1.82) is 0 Å². The number of hydrogen-bond acceptors (Lipinski definition) is 4. The van der Waals surface area contributed by atoms with E-state index in [9.17, 15) is 4.57 Å². The first kappa shape index (κ1) is 28.8. The predicted molar refractivity (Wildman–Crippen MR) is 151 cm³/mol. The summed E-state index contributed by atoms with van der Waals surface area (Å²) in [5, 5.41) is 7.64. The van der Waals surface area contributed by atoms with E-state index in [1.54, 1.807) is 0 Å². The van der Waals surface area contributed by atoms with Gasteiger partial charge >= 0.3 is 7.60 Å². The Morgan fingerprint density at radius 3 is 2.38 bits per heavy atom. The van der Waals surface area contributed by atoms with E-state index in [0.29, 0.717) is 26.1 Å². The van der Waals surface area contributed by atoms with Gasteiger partial charge in [-0.25, -0.2) is 0 Å². The van der Waals surface area contributed by atoms with Crippen molar-refractivity contribution >= 4 is 13.3 Å². The minimum absolute atomic E-state index is 0.0933. The molecule has 0 heterocycles. The van der Waals surface area contributed by atoms with Gasteiger partial charge in [0, 0.05) is 12.5 Å². The van der Waals surface area contributed by atoms with Crippen LogP contribution in [0.5, 0.6) is 0 Å². The fraction of sp³-hybridized carbons (Fsp3) is 0.367. The summed E-state index contributed by atoms with van der Waals surface area (Å²) < 4.78 is 10.9. The Bertz CT molecular complexity index is 1230. The second-order valence-electron chi connectivity index (χ2n) is 9.82. The normalized spacial score (nSPS) is 13.0. The lowest BCUT2D eigenvalue weighted by Gasteiger charge is -2.18. The first-order valence-electron chi connectivity index (χ1n) is 12.7. The van der Waals surface area contributed by atoms with Crippen molar-refractivity contribution < 1.29 is 19.2 Å². The molecule has 0 saturated carbocycles. The van der Waals surface area contributed by atoms with Gasteiger partial charge in [0.2, 0.25) is 0 Å². The Morgan fingerprint density at radius 2 is 1.70 bits per heavy atom. The Morgan fingerprint density at radius 1 is 0.973 bits per heavy atom. The molecule has 0 fully saturated rings. The molecular weight excluding hydrogens is 483 g/mol. The molecule has 7 heteroatoms. The third kappa shape index (κ3) is 9.90. The van der Waals surface area contributed by atoms with Gasteiger partial charge in [-0.15, -0.1) is 0 Å². The topological polar surface area (TPSA) is 91.2 Å². The molecule has 3 aromatic rings. The molecule has 0 amide bonds. The van der Waals surface area contributed by atoms with Gasteiger partial charge in [0.25, 0.3) is 0 Å². The largest absolute Gasteiger partial charge is 0.395 e. The lowest BCUT2D eigenvalue weighted by molar-refractivity contribution is 0.128. The average Bonchev–Trinajstić information content (AvgIpc) is 2.85. The van der Waals surface area contributed by atoms with Crippen molar-refractivity contribution in [3.8, 4) is 0 Å². The molecule has 37 heavy (non-hydrogen) atoms. The summed E-state index contributed by atoms with van der Waals surface area (Å²) in [6, 6.07) is 23.3. The number of oxime groups is 1. The Balaban J connectivity index is 1.58. The highest BCUT2D eigenvalue weighted by molar-refractivity contribution is 7.51. The summed E-state index contributed by atoms with van der Waals surface area (Å²) in [7, 11) is -3.92. The van der Waals surface area contributed by atoms with Gasteiger partial charge in [-0.05, 0) is 80.5 Å². The van der Waals surface area contributed by atoms with Gasteiger partial charge in [-0.3, -0.25) is 4.57 Å². The summed E-state index contributed by atoms with van der Waals surface area (Å²) in [6.45, 7) is 10.0. The first-order valence-corrected chi connectivity index (χ1v) is 14.5. The van der Waals surface area contributed by atoms with Crippen LogP contribution in [0.3, 0.4) is 0 Å². The summed E-state index contributed by atoms with van der Waals surface area (Å²) >= 11 is 0. The van der Waals surface area contributed by atoms with E-state index in [4.69, 9.17) is 14.6 Å². The van der Waals surface area contributed by atoms with Gasteiger partial charge < -0.3 is 19.9 Å². The zero-order valence-electron chi connectivity index (χ0n) is 22.3. The fourth-order valence-corrected chi connectivity index (χ4v) is 4.77. The third-order valence-electron chi connectivity index (χ3n) is 6.55. The first-order chi connectivity index (χ1) is 17.6. The number of benzene rings is 3. The second kappa shape index (κ2) is 13.7. The monoisotopic (exact) mass is 522 g/mol. The maximum Gasteiger partial charge on any atom is 0.325 e. The van der Waals surface area contributed by atoms with E-state index in [1.165, 1.54) is 27.8 Å². The van der Waals surface area contributed by atoms with Crippen molar-refractivity contribution in [1.82, 2.24) is 5.32 Å². The SMILES string of the molecule is C/C(=N\OCC(Cc1ccc(C)c(C)c1)c1cccc(C)c1)c1ccc(CNCCCP(=O)(O)O)cc1. The molecular formula is C30H39N2O4P. The highest BCUT2D eigenvalue weighted by atomic mass is 31.2. The molecule has 1 atom stereocenters. The predicted octanol–water partition coefficient (Wildman–Crippen LogP) is 6.04.